The summed E-state index contributed by atoms with van der Waals surface area (Å²) in [5, 5.41) is 2.94. The van der Waals surface area contributed by atoms with E-state index in [1.54, 1.807) is 6.20 Å². The van der Waals surface area contributed by atoms with Gasteiger partial charge in [0.1, 0.15) is 5.60 Å². The summed E-state index contributed by atoms with van der Waals surface area (Å²) in [7, 11) is 0. The monoisotopic (exact) mass is 336 g/mol. The fourth-order valence-corrected chi connectivity index (χ4v) is 2.53. The number of aryl methyl sites for hydroxylation is 1. The number of nitrogens with one attached hydrogen (secondary N) is 1. The molecule has 0 fully saturated rings. The third-order valence-electron chi connectivity index (χ3n) is 3.93. The molecule has 0 aromatic carbocycles. The van der Waals surface area contributed by atoms with E-state index < -0.39 is 5.60 Å². The molecule has 136 valence electrons. The van der Waals surface area contributed by atoms with Crippen LogP contribution in [-0.2, 0) is 9.53 Å². The van der Waals surface area contributed by atoms with E-state index in [1.807, 2.05) is 26.8 Å². The van der Waals surface area contributed by atoms with Crippen LogP contribution in [0.25, 0.3) is 0 Å². The lowest BCUT2D eigenvalue weighted by molar-refractivity contribution is -0.139. The molecule has 0 aliphatic heterocycles. The lowest BCUT2D eigenvalue weighted by Crippen LogP contribution is -2.42. The molecule has 0 unspecified atom stereocenters. The first-order valence-corrected chi connectivity index (χ1v) is 9.01. The third-order valence-corrected chi connectivity index (χ3v) is 3.93. The predicted octanol–water partition coefficient (Wildman–Crippen LogP) is 4.49. The molecular weight excluding hydrogens is 304 g/mol. The van der Waals surface area contributed by atoms with Gasteiger partial charge in [0.05, 0.1) is 18.5 Å². The molecule has 24 heavy (non-hydrogen) atoms. The topological polar surface area (TPSA) is 60.5 Å². The molecule has 1 aromatic heterocycles. The molecule has 0 saturated carbocycles. The molecule has 1 amide bonds. The lowest BCUT2D eigenvalue weighted by atomic mass is 9.96. The highest BCUT2D eigenvalue weighted by Crippen LogP contribution is 2.24. The number of hydrogen-bond donors (Lipinski definition) is 1. The Bertz CT molecular complexity index is 519. The van der Waals surface area contributed by atoms with Crippen molar-refractivity contribution in [1.82, 2.24) is 4.98 Å². The maximum atomic E-state index is 12.7. The zero-order valence-corrected chi connectivity index (χ0v) is 15.8. The number of amides is 1. The number of nitrogens with zero attached hydrogens (tertiary/aromatic N) is 1. The van der Waals surface area contributed by atoms with Crippen LogP contribution in [0.3, 0.4) is 0 Å². The summed E-state index contributed by atoms with van der Waals surface area (Å²) < 4.78 is 11.3. The van der Waals surface area contributed by atoms with Gasteiger partial charge in [-0.05, 0) is 39.7 Å². The molecule has 0 aliphatic rings. The molecule has 0 bridgehead atoms. The minimum atomic E-state index is -0.810. The maximum absolute atomic E-state index is 12.7. The number of anilines is 1. The summed E-state index contributed by atoms with van der Waals surface area (Å²) in [5.41, 5.74) is 0.767. The van der Waals surface area contributed by atoms with Gasteiger partial charge in [0.25, 0.3) is 5.91 Å². The van der Waals surface area contributed by atoms with Crippen LogP contribution in [0.1, 0.15) is 65.4 Å². The average molecular weight is 336 g/mol. The van der Waals surface area contributed by atoms with Crippen molar-refractivity contribution in [3.8, 4) is 5.88 Å². The molecule has 0 saturated heterocycles. The average Bonchev–Trinajstić information content (AvgIpc) is 2.54. The molecule has 1 N–H and O–H groups in total. The van der Waals surface area contributed by atoms with Crippen LogP contribution in [0, 0.1) is 6.92 Å². The summed E-state index contributed by atoms with van der Waals surface area (Å²) in [5.74, 6) is 0.495. The van der Waals surface area contributed by atoms with Gasteiger partial charge in [0, 0.05) is 12.2 Å². The second kappa shape index (κ2) is 10.3. The van der Waals surface area contributed by atoms with Gasteiger partial charge in [0.2, 0.25) is 5.88 Å². The van der Waals surface area contributed by atoms with E-state index in [4.69, 9.17) is 9.47 Å². The van der Waals surface area contributed by atoms with Crippen LogP contribution < -0.4 is 10.1 Å². The zero-order chi connectivity index (χ0) is 18.0. The minimum absolute atomic E-state index is 0.121. The minimum Gasteiger partial charge on any atom is -0.477 e. The van der Waals surface area contributed by atoms with Crippen molar-refractivity contribution in [2.24, 2.45) is 0 Å². The first-order chi connectivity index (χ1) is 11.5. The number of rotatable bonds is 11. The Hall–Kier alpha value is -1.62. The highest BCUT2D eigenvalue weighted by atomic mass is 16.5. The molecule has 1 heterocycles. The van der Waals surface area contributed by atoms with Gasteiger partial charge in [-0.2, -0.15) is 0 Å². The van der Waals surface area contributed by atoms with Gasteiger partial charge >= 0.3 is 0 Å². The quantitative estimate of drug-likeness (QED) is 0.605. The van der Waals surface area contributed by atoms with Crippen molar-refractivity contribution in [2.45, 2.75) is 72.3 Å². The molecule has 0 aliphatic carbocycles. The first-order valence-electron chi connectivity index (χ1n) is 9.01. The third kappa shape index (κ3) is 6.11. The highest BCUT2D eigenvalue weighted by molar-refractivity contribution is 5.97. The van der Waals surface area contributed by atoms with Crippen LogP contribution >= 0.6 is 0 Å². The van der Waals surface area contributed by atoms with Gasteiger partial charge < -0.3 is 14.8 Å². The van der Waals surface area contributed by atoms with Crippen molar-refractivity contribution >= 4 is 11.6 Å². The Morgan fingerprint density at radius 2 is 2.00 bits per heavy atom. The number of pyridine rings is 1. The summed E-state index contributed by atoms with van der Waals surface area (Å²) in [6.45, 7) is 11.1. The van der Waals surface area contributed by atoms with Gasteiger partial charge in [-0.3, -0.25) is 4.79 Å². The lowest BCUT2D eigenvalue weighted by Gasteiger charge is -2.28. The Balaban J connectivity index is 2.77. The zero-order valence-electron chi connectivity index (χ0n) is 15.8. The largest absolute Gasteiger partial charge is 0.477 e. The predicted molar refractivity (Wildman–Crippen MR) is 97.6 cm³/mol. The number of ether oxygens (including phenoxy) is 2. The second-order valence-electron chi connectivity index (χ2n) is 6.27. The van der Waals surface area contributed by atoms with Crippen LogP contribution in [0.15, 0.2) is 12.3 Å². The number of carbonyl (C=O) groups excluding carboxylic acids is 1. The summed E-state index contributed by atoms with van der Waals surface area (Å²) in [6, 6.07) is 1.88. The van der Waals surface area contributed by atoms with E-state index in [-0.39, 0.29) is 5.91 Å². The second-order valence-corrected chi connectivity index (χ2v) is 6.27. The fraction of sp³-hybridized carbons (Fsp3) is 0.684. The summed E-state index contributed by atoms with van der Waals surface area (Å²) >= 11 is 0. The van der Waals surface area contributed by atoms with Crippen LogP contribution in [0.2, 0.25) is 0 Å². The number of aromatic nitrogens is 1. The van der Waals surface area contributed by atoms with E-state index in [0.717, 1.165) is 31.2 Å². The van der Waals surface area contributed by atoms with Gasteiger partial charge in [0.15, 0.2) is 0 Å². The normalized spacial score (nSPS) is 13.4. The van der Waals surface area contributed by atoms with Crippen molar-refractivity contribution in [1.29, 1.82) is 0 Å². The van der Waals surface area contributed by atoms with Crippen LogP contribution in [0.5, 0.6) is 5.88 Å². The van der Waals surface area contributed by atoms with Crippen molar-refractivity contribution in [3.05, 3.63) is 17.8 Å². The molecule has 1 aromatic rings. The Kier molecular flexibility index (Phi) is 8.76. The maximum Gasteiger partial charge on any atom is 0.256 e. The fourth-order valence-electron chi connectivity index (χ4n) is 2.53. The van der Waals surface area contributed by atoms with Crippen molar-refractivity contribution < 1.29 is 14.3 Å². The van der Waals surface area contributed by atoms with E-state index in [1.165, 1.54) is 0 Å². The molecule has 5 nitrogen and oxygen atoms in total. The van der Waals surface area contributed by atoms with E-state index in [2.05, 4.69) is 24.1 Å². The molecule has 5 heteroatoms. The Morgan fingerprint density at radius 1 is 1.25 bits per heavy atom. The van der Waals surface area contributed by atoms with Gasteiger partial charge in [-0.25, -0.2) is 4.98 Å². The standard InChI is InChI=1S/C19H32N2O3/c1-6-9-10-11-19(5,24-8-3)18(22)21-16-13-15(4)17(20-14-16)23-12-7-2/h13-14H,6-12H2,1-5H3,(H,21,22)/t19-/m1/s1. The van der Waals surface area contributed by atoms with Gasteiger partial charge in [-0.15, -0.1) is 0 Å². The molecule has 0 radical (unpaired) electrons. The molecule has 1 rings (SSSR count). The Morgan fingerprint density at radius 3 is 2.58 bits per heavy atom. The SMILES string of the molecule is CCCCC[C@@](C)(OCC)C(=O)Nc1cnc(OCCC)c(C)c1. The van der Waals surface area contributed by atoms with E-state index >= 15 is 0 Å². The molecule has 0 spiro atoms. The van der Waals surface area contributed by atoms with E-state index in [9.17, 15) is 4.79 Å². The summed E-state index contributed by atoms with van der Waals surface area (Å²) in [4.78, 5) is 17.0. The summed E-state index contributed by atoms with van der Waals surface area (Å²) in [6.07, 6.45) is 6.47. The van der Waals surface area contributed by atoms with Crippen LogP contribution in [0.4, 0.5) is 5.69 Å². The molecular formula is C19H32N2O3. The van der Waals surface area contributed by atoms with Crippen molar-refractivity contribution in [2.75, 3.05) is 18.5 Å². The Labute approximate surface area is 146 Å². The van der Waals surface area contributed by atoms with Gasteiger partial charge in [-0.1, -0.05) is 33.1 Å². The number of carbonyl (C=O) groups is 1. The molecule has 1 atom stereocenters. The first kappa shape index (κ1) is 20.4. The van der Waals surface area contributed by atoms with Crippen LogP contribution in [-0.4, -0.2) is 29.7 Å². The van der Waals surface area contributed by atoms with Crippen molar-refractivity contribution in [3.63, 3.8) is 0 Å². The number of hydrogen-bond acceptors (Lipinski definition) is 4. The smallest absolute Gasteiger partial charge is 0.256 e. The van der Waals surface area contributed by atoms with E-state index in [0.29, 0.717) is 31.2 Å². The highest BCUT2D eigenvalue weighted by Gasteiger charge is 2.33. The number of unbranched alkanes of at least 4 members (excludes halogenated alkanes) is 2.